The predicted molar refractivity (Wildman–Crippen MR) is 121 cm³/mol. The van der Waals surface area contributed by atoms with Gasteiger partial charge in [-0.3, -0.25) is 0 Å². The molecule has 1 aromatic carbocycles. The monoisotopic (exact) mass is 417 g/mol. The summed E-state index contributed by atoms with van der Waals surface area (Å²) in [6, 6.07) is 4.32. The molecule has 0 amide bonds. The molecule has 2 fully saturated rings. The second-order valence-electron chi connectivity index (χ2n) is 10.6. The van der Waals surface area contributed by atoms with Crippen molar-refractivity contribution in [2.75, 3.05) is 11.5 Å². The number of nitrogens with zero attached hydrogens (tertiary/aromatic N) is 1. The van der Waals surface area contributed by atoms with Crippen molar-refractivity contribution in [2.45, 2.75) is 98.6 Å². The van der Waals surface area contributed by atoms with Crippen molar-refractivity contribution in [1.29, 1.82) is 0 Å². The van der Waals surface area contributed by atoms with Gasteiger partial charge in [0.2, 0.25) is 0 Å². The lowest BCUT2D eigenvalue weighted by Gasteiger charge is -2.32. The average molecular weight is 417 g/mol. The minimum atomic E-state index is -0.758. The molecular formula is C22H37B2NO5. The highest BCUT2D eigenvalue weighted by Crippen LogP contribution is 2.41. The van der Waals surface area contributed by atoms with Crippen molar-refractivity contribution in [3.8, 4) is 0 Å². The molecule has 0 N–H and O–H groups in total. The van der Waals surface area contributed by atoms with E-state index in [1.54, 1.807) is 0 Å². The highest BCUT2D eigenvalue weighted by molar-refractivity contribution is 6.51. The number of aryl methyl sites for hydroxylation is 3. The van der Waals surface area contributed by atoms with E-state index in [9.17, 15) is 0 Å². The van der Waals surface area contributed by atoms with Crippen molar-refractivity contribution in [1.82, 2.24) is 0 Å². The first-order chi connectivity index (χ1) is 13.6. The lowest BCUT2D eigenvalue weighted by molar-refractivity contribution is 0.00578. The quantitative estimate of drug-likeness (QED) is 0.517. The van der Waals surface area contributed by atoms with Crippen LogP contribution in [0.4, 0.5) is 5.69 Å². The van der Waals surface area contributed by atoms with Gasteiger partial charge in [0.25, 0.3) is 0 Å². The second-order valence-corrected chi connectivity index (χ2v) is 10.6. The molecule has 166 valence electrons. The van der Waals surface area contributed by atoms with Gasteiger partial charge in [-0.05, 0) is 87.3 Å². The summed E-state index contributed by atoms with van der Waals surface area (Å²) in [6.07, 6.45) is 0. The van der Waals surface area contributed by atoms with Gasteiger partial charge in [0.1, 0.15) is 6.73 Å². The lowest BCUT2D eigenvalue weighted by Crippen LogP contribution is -2.46. The van der Waals surface area contributed by atoms with Crippen LogP contribution in [0.25, 0.3) is 0 Å². The molecule has 0 atom stereocenters. The first-order valence-electron chi connectivity index (χ1n) is 10.7. The Morgan fingerprint density at radius 2 is 1.13 bits per heavy atom. The Morgan fingerprint density at radius 1 is 0.733 bits per heavy atom. The van der Waals surface area contributed by atoms with Crippen LogP contribution in [0.2, 0.25) is 0 Å². The molecule has 2 heterocycles. The van der Waals surface area contributed by atoms with Crippen molar-refractivity contribution in [3.05, 3.63) is 28.8 Å². The molecule has 0 aliphatic carbocycles. The van der Waals surface area contributed by atoms with Gasteiger partial charge in [0.15, 0.2) is 0 Å². The number of anilines is 1. The van der Waals surface area contributed by atoms with Gasteiger partial charge < -0.3 is 28.1 Å². The molecule has 1 aromatic rings. The van der Waals surface area contributed by atoms with Crippen LogP contribution in [-0.2, 0) is 23.3 Å². The molecule has 2 aliphatic heterocycles. The van der Waals surface area contributed by atoms with Crippen LogP contribution >= 0.6 is 0 Å². The fraction of sp³-hybridized carbons (Fsp3) is 0.727. The van der Waals surface area contributed by atoms with Crippen LogP contribution in [-0.4, -0.2) is 43.7 Å². The zero-order valence-corrected chi connectivity index (χ0v) is 20.5. The van der Waals surface area contributed by atoms with E-state index in [0.717, 1.165) is 16.8 Å². The van der Waals surface area contributed by atoms with Crippen LogP contribution in [0.15, 0.2) is 12.1 Å². The van der Waals surface area contributed by atoms with Gasteiger partial charge in [-0.15, -0.1) is 0 Å². The van der Waals surface area contributed by atoms with Gasteiger partial charge in [-0.2, -0.15) is 0 Å². The van der Waals surface area contributed by atoms with Gasteiger partial charge in [-0.1, -0.05) is 17.7 Å². The maximum absolute atomic E-state index is 6.36. The van der Waals surface area contributed by atoms with E-state index in [4.69, 9.17) is 23.3 Å². The molecule has 0 unspecified atom stereocenters. The van der Waals surface area contributed by atoms with E-state index < -0.39 is 37.0 Å². The Hall–Kier alpha value is -1.05. The van der Waals surface area contributed by atoms with E-state index in [-0.39, 0.29) is 6.73 Å². The van der Waals surface area contributed by atoms with Gasteiger partial charge in [0, 0.05) is 5.69 Å². The number of hydrogen-bond acceptors (Lipinski definition) is 6. The standard InChI is InChI=1S/C22H37B2NO5/c1-15-12-16(2)18(17(3)13-15)25(23-27-19(4,5)20(6,7)28-23)14-26-24-29-21(8,9)22(10,11)30-24/h12-13H,14H2,1-11H3. The Balaban J connectivity index is 1.89. The number of benzene rings is 1. The van der Waals surface area contributed by atoms with E-state index in [0.29, 0.717) is 0 Å². The SMILES string of the molecule is Cc1cc(C)c(N(COB2OC(C)(C)C(C)(C)O2)B2OC(C)(C)C(C)(C)O2)c(C)c1. The number of hydrogen-bond donors (Lipinski definition) is 0. The molecule has 2 aliphatic rings. The molecule has 30 heavy (non-hydrogen) atoms. The minimum absolute atomic E-state index is 0.207. The van der Waals surface area contributed by atoms with Gasteiger partial charge in [-0.25, -0.2) is 0 Å². The van der Waals surface area contributed by atoms with E-state index in [1.165, 1.54) is 5.56 Å². The minimum Gasteiger partial charge on any atom is -0.384 e. The summed E-state index contributed by atoms with van der Waals surface area (Å²) in [5.41, 5.74) is 2.72. The van der Waals surface area contributed by atoms with E-state index in [1.807, 2.05) is 32.5 Å². The lowest BCUT2D eigenvalue weighted by atomic mass is 9.90. The summed E-state index contributed by atoms with van der Waals surface area (Å²) in [6.45, 7) is 22.8. The van der Waals surface area contributed by atoms with Crippen LogP contribution in [0.1, 0.15) is 72.1 Å². The number of rotatable bonds is 5. The zero-order valence-electron chi connectivity index (χ0n) is 20.5. The summed E-state index contributed by atoms with van der Waals surface area (Å²) in [5.74, 6) is 0. The first kappa shape index (κ1) is 23.6. The maximum atomic E-state index is 6.36. The summed E-state index contributed by atoms with van der Waals surface area (Å²) in [5, 5.41) is 0. The summed E-state index contributed by atoms with van der Waals surface area (Å²) in [7, 11) is -1.34. The molecule has 8 heteroatoms. The maximum Gasteiger partial charge on any atom is 0.641 e. The fourth-order valence-electron chi connectivity index (χ4n) is 3.79. The van der Waals surface area contributed by atoms with Crippen LogP contribution in [0.5, 0.6) is 0 Å². The molecule has 6 nitrogen and oxygen atoms in total. The summed E-state index contributed by atoms with van der Waals surface area (Å²) in [4.78, 5) is 2.02. The molecule has 0 aromatic heterocycles. The molecule has 0 radical (unpaired) electrons. The van der Waals surface area contributed by atoms with E-state index >= 15 is 0 Å². The second kappa shape index (κ2) is 7.52. The molecule has 0 bridgehead atoms. The Bertz CT molecular complexity index is 754. The molecule has 2 saturated heterocycles. The van der Waals surface area contributed by atoms with Crippen LogP contribution < -0.4 is 4.81 Å². The van der Waals surface area contributed by atoms with Gasteiger partial charge in [0.05, 0.1) is 22.4 Å². The largest absolute Gasteiger partial charge is 0.641 e. The molecule has 3 rings (SSSR count). The third-order valence-electron chi connectivity index (χ3n) is 7.00. The summed E-state index contributed by atoms with van der Waals surface area (Å²) >= 11 is 0. The topological polar surface area (TPSA) is 49.4 Å². The molecule has 0 saturated carbocycles. The zero-order chi connectivity index (χ0) is 22.7. The summed E-state index contributed by atoms with van der Waals surface area (Å²) < 4.78 is 30.9. The fourth-order valence-corrected chi connectivity index (χ4v) is 3.79. The first-order valence-corrected chi connectivity index (χ1v) is 10.7. The van der Waals surface area contributed by atoms with Crippen molar-refractivity contribution in [3.63, 3.8) is 0 Å². The average Bonchev–Trinajstić information content (AvgIpc) is 2.88. The Kier molecular flexibility index (Phi) is 5.92. The Labute approximate surface area is 182 Å². The Morgan fingerprint density at radius 3 is 1.57 bits per heavy atom. The van der Waals surface area contributed by atoms with Crippen molar-refractivity contribution in [2.24, 2.45) is 0 Å². The molecular weight excluding hydrogens is 380 g/mol. The highest BCUT2D eigenvalue weighted by atomic mass is 16.8. The highest BCUT2D eigenvalue weighted by Gasteiger charge is 2.56. The normalized spacial score (nSPS) is 23.8. The third-order valence-corrected chi connectivity index (χ3v) is 7.00. The predicted octanol–water partition coefficient (Wildman–Crippen LogP) is 4.57. The smallest absolute Gasteiger partial charge is 0.384 e. The third kappa shape index (κ3) is 4.17. The van der Waals surface area contributed by atoms with Crippen LogP contribution in [0, 0.1) is 20.8 Å². The van der Waals surface area contributed by atoms with E-state index in [2.05, 4.69) is 60.6 Å². The van der Waals surface area contributed by atoms with Crippen LogP contribution in [0.3, 0.4) is 0 Å². The van der Waals surface area contributed by atoms with Crippen molar-refractivity contribution >= 4 is 20.3 Å². The van der Waals surface area contributed by atoms with Gasteiger partial charge >= 0.3 is 14.6 Å². The molecule has 0 spiro atoms. The van der Waals surface area contributed by atoms with Crippen molar-refractivity contribution < 1.29 is 23.3 Å².